The highest BCUT2D eigenvalue weighted by Gasteiger charge is 2.41. The minimum atomic E-state index is -0.534. The molecule has 0 bridgehead atoms. The summed E-state index contributed by atoms with van der Waals surface area (Å²) in [4.78, 5) is 13.2. The number of carbonyl (C=O) groups excluding carboxylic acids is 1. The van der Waals surface area contributed by atoms with Crippen molar-refractivity contribution in [3.63, 3.8) is 0 Å². The summed E-state index contributed by atoms with van der Waals surface area (Å²) in [5.74, 6) is 1.58. The standard InChI is InChI=1S/C22H27NO4/c1-17(16-27-20-10-8-19(25-2)9-11-20)23-21(24)22(12-14-26-15-13-22)18-6-4-3-5-7-18/h3-11,17H,12-16H2,1-2H3,(H,23,24). The number of hydrogen-bond donors (Lipinski definition) is 1. The second-order valence-corrected chi connectivity index (χ2v) is 6.92. The van der Waals surface area contributed by atoms with Gasteiger partial charge in [-0.1, -0.05) is 30.3 Å². The Labute approximate surface area is 160 Å². The van der Waals surface area contributed by atoms with Gasteiger partial charge in [0.15, 0.2) is 0 Å². The summed E-state index contributed by atoms with van der Waals surface area (Å²) in [6.07, 6.45) is 1.38. The van der Waals surface area contributed by atoms with Gasteiger partial charge in [0, 0.05) is 13.2 Å². The van der Waals surface area contributed by atoms with E-state index in [9.17, 15) is 4.79 Å². The maximum absolute atomic E-state index is 13.2. The fraction of sp³-hybridized carbons (Fsp3) is 0.409. The Morgan fingerprint density at radius 1 is 1.07 bits per heavy atom. The van der Waals surface area contributed by atoms with Crippen LogP contribution in [-0.2, 0) is 14.9 Å². The number of nitrogens with one attached hydrogen (secondary N) is 1. The highest BCUT2D eigenvalue weighted by molar-refractivity contribution is 5.88. The van der Waals surface area contributed by atoms with Gasteiger partial charge < -0.3 is 19.5 Å². The summed E-state index contributed by atoms with van der Waals surface area (Å²) in [6, 6.07) is 17.3. The van der Waals surface area contributed by atoms with Gasteiger partial charge in [-0.05, 0) is 49.6 Å². The lowest BCUT2D eigenvalue weighted by atomic mass is 9.73. The lowest BCUT2D eigenvalue weighted by molar-refractivity contribution is -0.131. The summed E-state index contributed by atoms with van der Waals surface area (Å²) in [5.41, 5.74) is 0.516. The van der Waals surface area contributed by atoms with Crippen LogP contribution in [0.25, 0.3) is 0 Å². The van der Waals surface area contributed by atoms with Crippen LogP contribution in [0.2, 0.25) is 0 Å². The number of amides is 1. The van der Waals surface area contributed by atoms with E-state index in [1.54, 1.807) is 7.11 Å². The number of hydrogen-bond acceptors (Lipinski definition) is 4. The summed E-state index contributed by atoms with van der Waals surface area (Å²) >= 11 is 0. The Kier molecular flexibility index (Phi) is 6.35. The maximum Gasteiger partial charge on any atom is 0.231 e. The van der Waals surface area contributed by atoms with Gasteiger partial charge in [-0.2, -0.15) is 0 Å². The van der Waals surface area contributed by atoms with Gasteiger partial charge in [0.1, 0.15) is 18.1 Å². The third-order valence-electron chi connectivity index (χ3n) is 5.04. The predicted octanol–water partition coefficient (Wildman–Crippen LogP) is 3.33. The molecule has 2 aromatic carbocycles. The molecule has 1 N–H and O–H groups in total. The van der Waals surface area contributed by atoms with Crippen LogP contribution >= 0.6 is 0 Å². The molecule has 0 radical (unpaired) electrons. The number of methoxy groups -OCH3 is 1. The van der Waals surface area contributed by atoms with E-state index in [2.05, 4.69) is 5.32 Å². The summed E-state index contributed by atoms with van der Waals surface area (Å²) in [6.45, 7) is 3.55. The second kappa shape index (κ2) is 8.91. The molecule has 144 valence electrons. The third-order valence-corrected chi connectivity index (χ3v) is 5.04. The van der Waals surface area contributed by atoms with Crippen LogP contribution in [-0.4, -0.2) is 38.9 Å². The van der Waals surface area contributed by atoms with E-state index in [0.29, 0.717) is 32.7 Å². The monoisotopic (exact) mass is 369 g/mol. The number of carbonyl (C=O) groups is 1. The molecule has 1 aliphatic rings. The maximum atomic E-state index is 13.2. The number of benzene rings is 2. The van der Waals surface area contributed by atoms with Crippen LogP contribution in [0, 0.1) is 0 Å². The second-order valence-electron chi connectivity index (χ2n) is 6.92. The van der Waals surface area contributed by atoms with Crippen LogP contribution < -0.4 is 14.8 Å². The van der Waals surface area contributed by atoms with E-state index < -0.39 is 5.41 Å². The Morgan fingerprint density at radius 2 is 1.70 bits per heavy atom. The smallest absolute Gasteiger partial charge is 0.231 e. The van der Waals surface area contributed by atoms with E-state index in [0.717, 1.165) is 17.1 Å². The van der Waals surface area contributed by atoms with Gasteiger partial charge in [0.05, 0.1) is 18.6 Å². The molecule has 0 saturated carbocycles. The lowest BCUT2D eigenvalue weighted by Gasteiger charge is -2.37. The van der Waals surface area contributed by atoms with Crippen LogP contribution in [0.5, 0.6) is 11.5 Å². The van der Waals surface area contributed by atoms with Gasteiger partial charge >= 0.3 is 0 Å². The quantitative estimate of drug-likeness (QED) is 0.813. The van der Waals surface area contributed by atoms with Crippen molar-refractivity contribution in [3.8, 4) is 11.5 Å². The molecule has 1 aliphatic heterocycles. The van der Waals surface area contributed by atoms with Gasteiger partial charge in [-0.15, -0.1) is 0 Å². The first kappa shape index (κ1) is 19.2. The van der Waals surface area contributed by atoms with Crippen molar-refractivity contribution in [2.45, 2.75) is 31.2 Å². The summed E-state index contributed by atoms with van der Waals surface area (Å²) in [7, 11) is 1.63. The zero-order valence-electron chi connectivity index (χ0n) is 15.9. The van der Waals surface area contributed by atoms with Crippen molar-refractivity contribution < 1.29 is 19.0 Å². The first-order valence-corrected chi connectivity index (χ1v) is 9.35. The zero-order valence-corrected chi connectivity index (χ0v) is 15.9. The molecule has 5 nitrogen and oxygen atoms in total. The zero-order chi connectivity index (χ0) is 19.1. The molecular formula is C22H27NO4. The van der Waals surface area contributed by atoms with Crippen LogP contribution in [0.15, 0.2) is 54.6 Å². The highest BCUT2D eigenvalue weighted by atomic mass is 16.5. The Hall–Kier alpha value is -2.53. The molecular weight excluding hydrogens is 342 g/mol. The van der Waals surface area contributed by atoms with E-state index >= 15 is 0 Å². The topological polar surface area (TPSA) is 56.8 Å². The molecule has 1 atom stereocenters. The Morgan fingerprint density at radius 3 is 2.33 bits per heavy atom. The fourth-order valence-electron chi connectivity index (χ4n) is 3.42. The van der Waals surface area contributed by atoms with Crippen molar-refractivity contribution >= 4 is 5.91 Å². The van der Waals surface area contributed by atoms with Gasteiger partial charge in [-0.3, -0.25) is 4.79 Å². The van der Waals surface area contributed by atoms with E-state index in [1.165, 1.54) is 0 Å². The SMILES string of the molecule is COc1ccc(OCC(C)NC(=O)C2(c3ccccc3)CCOCC2)cc1. The van der Waals surface area contributed by atoms with E-state index in [-0.39, 0.29) is 11.9 Å². The molecule has 0 spiro atoms. The van der Waals surface area contributed by atoms with Crippen molar-refractivity contribution in [1.82, 2.24) is 5.32 Å². The largest absolute Gasteiger partial charge is 0.497 e. The fourth-order valence-corrected chi connectivity index (χ4v) is 3.42. The first-order chi connectivity index (χ1) is 13.1. The van der Waals surface area contributed by atoms with Crippen molar-refractivity contribution in [2.75, 3.05) is 26.9 Å². The minimum absolute atomic E-state index is 0.0443. The molecule has 0 aliphatic carbocycles. The molecule has 1 unspecified atom stereocenters. The Bertz CT molecular complexity index is 724. The van der Waals surface area contributed by atoms with Crippen LogP contribution in [0.4, 0.5) is 0 Å². The summed E-state index contributed by atoms with van der Waals surface area (Å²) < 4.78 is 16.5. The van der Waals surface area contributed by atoms with E-state index in [4.69, 9.17) is 14.2 Å². The molecule has 0 aromatic heterocycles. The van der Waals surface area contributed by atoms with Gasteiger partial charge in [-0.25, -0.2) is 0 Å². The minimum Gasteiger partial charge on any atom is -0.497 e. The molecule has 1 heterocycles. The predicted molar refractivity (Wildman–Crippen MR) is 104 cm³/mol. The van der Waals surface area contributed by atoms with Gasteiger partial charge in [0.2, 0.25) is 5.91 Å². The third kappa shape index (κ3) is 4.61. The molecule has 27 heavy (non-hydrogen) atoms. The van der Waals surface area contributed by atoms with Crippen molar-refractivity contribution in [1.29, 1.82) is 0 Å². The lowest BCUT2D eigenvalue weighted by Crippen LogP contribution is -2.51. The average Bonchev–Trinajstić information content (AvgIpc) is 2.73. The Balaban J connectivity index is 1.62. The van der Waals surface area contributed by atoms with Crippen LogP contribution in [0.3, 0.4) is 0 Å². The molecule has 1 saturated heterocycles. The summed E-state index contributed by atoms with van der Waals surface area (Å²) in [5, 5.41) is 3.14. The number of ether oxygens (including phenoxy) is 3. The number of rotatable bonds is 7. The molecule has 1 fully saturated rings. The first-order valence-electron chi connectivity index (χ1n) is 9.35. The normalized spacial score (nSPS) is 17.0. The molecule has 1 amide bonds. The average molecular weight is 369 g/mol. The van der Waals surface area contributed by atoms with E-state index in [1.807, 2.05) is 61.5 Å². The van der Waals surface area contributed by atoms with Crippen LogP contribution in [0.1, 0.15) is 25.3 Å². The van der Waals surface area contributed by atoms with Crippen molar-refractivity contribution in [3.05, 3.63) is 60.2 Å². The molecule has 2 aromatic rings. The molecule has 3 rings (SSSR count). The molecule has 5 heteroatoms. The highest BCUT2D eigenvalue weighted by Crippen LogP contribution is 2.35. The van der Waals surface area contributed by atoms with Crippen molar-refractivity contribution in [2.24, 2.45) is 0 Å². The van der Waals surface area contributed by atoms with Gasteiger partial charge in [0.25, 0.3) is 0 Å².